The minimum absolute atomic E-state index is 0.713. The standard InChI is InChI=1S/C13H17Cl2N/c14-12-5-11(6-13(15)7-12)9-16-8-10-3-1-2-4-10/h5-7,10,16H,1-4,8-9H2. The third kappa shape index (κ3) is 3.65. The van der Waals surface area contributed by atoms with E-state index in [1.807, 2.05) is 12.1 Å². The van der Waals surface area contributed by atoms with Crippen LogP contribution in [0.2, 0.25) is 10.0 Å². The molecule has 0 heterocycles. The lowest BCUT2D eigenvalue weighted by Crippen LogP contribution is -2.20. The summed E-state index contributed by atoms with van der Waals surface area (Å²) in [7, 11) is 0. The van der Waals surface area contributed by atoms with Gasteiger partial charge >= 0.3 is 0 Å². The summed E-state index contributed by atoms with van der Waals surface area (Å²) in [5.41, 5.74) is 1.16. The van der Waals surface area contributed by atoms with E-state index in [1.165, 1.54) is 25.7 Å². The SMILES string of the molecule is Clc1cc(Cl)cc(CNCC2CCCC2)c1. The fourth-order valence-electron chi connectivity index (χ4n) is 2.35. The second-order valence-electron chi connectivity index (χ2n) is 4.56. The molecule has 0 radical (unpaired) electrons. The quantitative estimate of drug-likeness (QED) is 0.850. The molecule has 0 unspecified atom stereocenters. The third-order valence-electron chi connectivity index (χ3n) is 3.16. The molecule has 0 aromatic heterocycles. The van der Waals surface area contributed by atoms with Crippen molar-refractivity contribution in [1.29, 1.82) is 0 Å². The highest BCUT2D eigenvalue weighted by Gasteiger charge is 2.13. The number of rotatable bonds is 4. The third-order valence-corrected chi connectivity index (χ3v) is 3.60. The first-order valence-corrected chi connectivity index (χ1v) is 6.65. The summed E-state index contributed by atoms with van der Waals surface area (Å²) in [4.78, 5) is 0. The molecule has 1 nitrogen and oxygen atoms in total. The molecule has 1 fully saturated rings. The van der Waals surface area contributed by atoms with Gasteiger partial charge in [-0.1, -0.05) is 36.0 Å². The highest BCUT2D eigenvalue weighted by molar-refractivity contribution is 6.34. The van der Waals surface area contributed by atoms with Crippen molar-refractivity contribution in [1.82, 2.24) is 5.32 Å². The molecule has 0 spiro atoms. The van der Waals surface area contributed by atoms with Crippen LogP contribution in [0.4, 0.5) is 0 Å². The highest BCUT2D eigenvalue weighted by atomic mass is 35.5. The Morgan fingerprint density at radius 3 is 2.31 bits per heavy atom. The lowest BCUT2D eigenvalue weighted by molar-refractivity contribution is 0.489. The van der Waals surface area contributed by atoms with Crippen LogP contribution < -0.4 is 5.32 Å². The maximum Gasteiger partial charge on any atom is 0.0424 e. The van der Waals surface area contributed by atoms with Crippen molar-refractivity contribution in [3.63, 3.8) is 0 Å². The van der Waals surface area contributed by atoms with Gasteiger partial charge in [0.05, 0.1) is 0 Å². The lowest BCUT2D eigenvalue weighted by Gasteiger charge is -2.10. The molecule has 2 rings (SSSR count). The Balaban J connectivity index is 1.80. The van der Waals surface area contributed by atoms with Crippen LogP contribution in [-0.2, 0) is 6.54 Å². The van der Waals surface area contributed by atoms with Crippen molar-refractivity contribution < 1.29 is 0 Å². The van der Waals surface area contributed by atoms with Crippen molar-refractivity contribution >= 4 is 23.2 Å². The van der Waals surface area contributed by atoms with E-state index in [2.05, 4.69) is 5.32 Å². The lowest BCUT2D eigenvalue weighted by atomic mass is 10.1. The van der Waals surface area contributed by atoms with Gasteiger partial charge in [0.15, 0.2) is 0 Å². The van der Waals surface area contributed by atoms with E-state index in [9.17, 15) is 0 Å². The molecule has 1 N–H and O–H groups in total. The molecule has 3 heteroatoms. The number of nitrogens with one attached hydrogen (secondary N) is 1. The minimum Gasteiger partial charge on any atom is -0.312 e. The molecule has 0 aliphatic heterocycles. The van der Waals surface area contributed by atoms with Gasteiger partial charge in [0, 0.05) is 16.6 Å². The fourth-order valence-corrected chi connectivity index (χ4v) is 2.92. The molecule has 1 aromatic rings. The molecule has 0 saturated heterocycles. The Labute approximate surface area is 107 Å². The summed E-state index contributed by atoms with van der Waals surface area (Å²) in [6, 6.07) is 5.70. The molecule has 0 atom stereocenters. The van der Waals surface area contributed by atoms with Crippen LogP contribution in [0.25, 0.3) is 0 Å². The van der Waals surface area contributed by atoms with E-state index in [4.69, 9.17) is 23.2 Å². The highest BCUT2D eigenvalue weighted by Crippen LogP contribution is 2.24. The van der Waals surface area contributed by atoms with Crippen LogP contribution in [0.3, 0.4) is 0 Å². The summed E-state index contributed by atoms with van der Waals surface area (Å²) in [6.07, 6.45) is 5.55. The van der Waals surface area contributed by atoms with E-state index >= 15 is 0 Å². The first-order chi connectivity index (χ1) is 7.74. The molecule has 1 aliphatic carbocycles. The van der Waals surface area contributed by atoms with Gasteiger partial charge in [-0.3, -0.25) is 0 Å². The Bertz CT molecular complexity index is 326. The first kappa shape index (κ1) is 12.2. The Morgan fingerprint density at radius 2 is 1.69 bits per heavy atom. The topological polar surface area (TPSA) is 12.0 Å². The second-order valence-corrected chi connectivity index (χ2v) is 5.43. The Hall–Kier alpha value is -0.240. The van der Waals surface area contributed by atoms with Gasteiger partial charge in [-0.15, -0.1) is 0 Å². The van der Waals surface area contributed by atoms with Gasteiger partial charge in [-0.05, 0) is 49.1 Å². The van der Waals surface area contributed by atoms with Crippen molar-refractivity contribution in [3.8, 4) is 0 Å². The largest absolute Gasteiger partial charge is 0.312 e. The van der Waals surface area contributed by atoms with Crippen molar-refractivity contribution in [2.75, 3.05) is 6.54 Å². The van der Waals surface area contributed by atoms with E-state index in [-0.39, 0.29) is 0 Å². The molecule has 1 saturated carbocycles. The first-order valence-electron chi connectivity index (χ1n) is 5.90. The summed E-state index contributed by atoms with van der Waals surface area (Å²) < 4.78 is 0. The Kier molecular flexibility index (Phi) is 4.51. The number of halogens is 2. The predicted octanol–water partition coefficient (Wildman–Crippen LogP) is 4.27. The molecular formula is C13H17Cl2N. The van der Waals surface area contributed by atoms with Crippen LogP contribution in [0, 0.1) is 5.92 Å². The van der Waals surface area contributed by atoms with Crippen molar-refractivity contribution in [2.24, 2.45) is 5.92 Å². The van der Waals surface area contributed by atoms with Gasteiger partial charge in [0.2, 0.25) is 0 Å². The molecule has 1 aromatic carbocycles. The molecule has 16 heavy (non-hydrogen) atoms. The average Bonchev–Trinajstić information content (AvgIpc) is 2.69. The average molecular weight is 258 g/mol. The van der Waals surface area contributed by atoms with Crippen LogP contribution in [-0.4, -0.2) is 6.54 Å². The number of benzene rings is 1. The summed E-state index contributed by atoms with van der Waals surface area (Å²) in [5.74, 6) is 0.870. The maximum atomic E-state index is 5.94. The minimum atomic E-state index is 0.713. The summed E-state index contributed by atoms with van der Waals surface area (Å²) >= 11 is 11.9. The van der Waals surface area contributed by atoms with Gasteiger partial charge in [-0.25, -0.2) is 0 Å². The van der Waals surface area contributed by atoms with Crippen molar-refractivity contribution in [2.45, 2.75) is 32.2 Å². The smallest absolute Gasteiger partial charge is 0.0424 e. The monoisotopic (exact) mass is 257 g/mol. The second kappa shape index (κ2) is 5.90. The van der Waals surface area contributed by atoms with Gasteiger partial charge in [0.25, 0.3) is 0 Å². The Morgan fingerprint density at radius 1 is 1.06 bits per heavy atom. The number of hydrogen-bond donors (Lipinski definition) is 1. The molecular weight excluding hydrogens is 241 g/mol. The van der Waals surface area contributed by atoms with E-state index in [1.54, 1.807) is 6.07 Å². The normalized spacial score (nSPS) is 16.9. The fraction of sp³-hybridized carbons (Fsp3) is 0.538. The molecule has 0 amide bonds. The maximum absolute atomic E-state index is 5.94. The summed E-state index contributed by atoms with van der Waals surface area (Å²) in [6.45, 7) is 1.97. The van der Waals surface area contributed by atoms with Crippen LogP contribution >= 0.6 is 23.2 Å². The van der Waals surface area contributed by atoms with Crippen LogP contribution in [0.5, 0.6) is 0 Å². The zero-order valence-corrected chi connectivity index (χ0v) is 10.8. The molecule has 0 bridgehead atoms. The van der Waals surface area contributed by atoms with Gasteiger partial charge in [-0.2, -0.15) is 0 Å². The van der Waals surface area contributed by atoms with Crippen LogP contribution in [0.15, 0.2) is 18.2 Å². The number of hydrogen-bond acceptors (Lipinski definition) is 1. The van der Waals surface area contributed by atoms with Crippen molar-refractivity contribution in [3.05, 3.63) is 33.8 Å². The molecule has 88 valence electrons. The van der Waals surface area contributed by atoms with Gasteiger partial charge < -0.3 is 5.32 Å². The van der Waals surface area contributed by atoms with Crippen LogP contribution in [0.1, 0.15) is 31.2 Å². The summed E-state index contributed by atoms with van der Waals surface area (Å²) in [5, 5.41) is 4.91. The zero-order chi connectivity index (χ0) is 11.4. The zero-order valence-electron chi connectivity index (χ0n) is 9.31. The van der Waals surface area contributed by atoms with E-state index < -0.39 is 0 Å². The predicted molar refractivity (Wildman–Crippen MR) is 70.1 cm³/mol. The molecule has 1 aliphatic rings. The van der Waals surface area contributed by atoms with Gasteiger partial charge in [0.1, 0.15) is 0 Å². The van der Waals surface area contributed by atoms with E-state index in [0.717, 1.165) is 24.6 Å². The van der Waals surface area contributed by atoms with E-state index in [0.29, 0.717) is 10.0 Å².